The summed E-state index contributed by atoms with van der Waals surface area (Å²) < 4.78 is 8.80. The van der Waals surface area contributed by atoms with E-state index in [1.54, 1.807) is 0 Å². The largest absolute Gasteiger partial charge is 0.456 e. The van der Waals surface area contributed by atoms with Crippen molar-refractivity contribution in [3.8, 4) is 27.9 Å². The van der Waals surface area contributed by atoms with Crippen LogP contribution in [0.3, 0.4) is 0 Å². The summed E-state index contributed by atoms with van der Waals surface area (Å²) in [6.45, 7) is 0. The van der Waals surface area contributed by atoms with Crippen LogP contribution in [0.25, 0.3) is 82.5 Å². The fourth-order valence-corrected chi connectivity index (χ4v) is 8.54. The second-order valence-corrected chi connectivity index (χ2v) is 14.1. The lowest BCUT2D eigenvalue weighted by molar-refractivity contribution is 0.669. The highest BCUT2D eigenvalue weighted by molar-refractivity contribution is 6.14. The Kier molecular flexibility index (Phi) is 7.17. The van der Waals surface area contributed by atoms with Crippen LogP contribution in [0.1, 0.15) is 0 Å². The van der Waals surface area contributed by atoms with Crippen molar-refractivity contribution in [3.63, 3.8) is 0 Å². The molecule has 0 saturated carbocycles. The first kappa shape index (κ1) is 31.2. The molecular weight excluding hydrogens is 669 g/mol. The van der Waals surface area contributed by atoms with E-state index in [4.69, 9.17) is 4.42 Å². The van der Waals surface area contributed by atoms with Crippen LogP contribution >= 0.6 is 0 Å². The third-order valence-electron chi connectivity index (χ3n) is 11.0. The van der Waals surface area contributed by atoms with Gasteiger partial charge >= 0.3 is 0 Å². The lowest BCUT2D eigenvalue weighted by Crippen LogP contribution is -2.13. The molecule has 0 spiro atoms. The van der Waals surface area contributed by atoms with Gasteiger partial charge in [0.25, 0.3) is 0 Å². The molecule has 2 heterocycles. The first-order valence-corrected chi connectivity index (χ1v) is 18.8. The van der Waals surface area contributed by atoms with E-state index in [-0.39, 0.29) is 0 Å². The number of anilines is 3. The summed E-state index contributed by atoms with van der Waals surface area (Å²) in [7, 11) is 0. The van der Waals surface area contributed by atoms with Crippen molar-refractivity contribution in [2.75, 3.05) is 4.90 Å². The number of fused-ring (bicyclic) bond motifs is 7. The Balaban J connectivity index is 1.19. The summed E-state index contributed by atoms with van der Waals surface area (Å²) in [4.78, 5) is 2.44. The van der Waals surface area contributed by atoms with Crippen LogP contribution in [0.2, 0.25) is 0 Å². The average Bonchev–Trinajstić information content (AvgIpc) is 3.80. The molecule has 0 aliphatic carbocycles. The number of para-hydroxylation sites is 5. The molecule has 3 heteroatoms. The predicted molar refractivity (Wildman–Crippen MR) is 231 cm³/mol. The molecule has 0 saturated heterocycles. The second-order valence-electron chi connectivity index (χ2n) is 14.1. The van der Waals surface area contributed by atoms with Gasteiger partial charge in [-0.1, -0.05) is 146 Å². The van der Waals surface area contributed by atoms with Crippen LogP contribution in [-0.2, 0) is 0 Å². The van der Waals surface area contributed by atoms with E-state index in [0.29, 0.717) is 0 Å². The van der Waals surface area contributed by atoms with Crippen LogP contribution < -0.4 is 4.90 Å². The first-order valence-electron chi connectivity index (χ1n) is 18.8. The number of hydrogen-bond acceptors (Lipinski definition) is 2. The monoisotopic (exact) mass is 702 g/mol. The highest BCUT2D eigenvalue weighted by Gasteiger charge is 2.23. The minimum absolute atomic E-state index is 0.880. The maximum Gasteiger partial charge on any atom is 0.136 e. The quantitative estimate of drug-likeness (QED) is 0.172. The van der Waals surface area contributed by atoms with Gasteiger partial charge < -0.3 is 13.9 Å². The van der Waals surface area contributed by atoms with Gasteiger partial charge in [-0.25, -0.2) is 0 Å². The van der Waals surface area contributed by atoms with Crippen molar-refractivity contribution >= 4 is 71.6 Å². The molecule has 0 N–H and O–H groups in total. The third kappa shape index (κ3) is 5.05. The van der Waals surface area contributed by atoms with Gasteiger partial charge in [0, 0.05) is 44.0 Å². The molecule has 11 aromatic rings. The van der Waals surface area contributed by atoms with Crippen molar-refractivity contribution in [1.82, 2.24) is 4.57 Å². The molecule has 9 aromatic carbocycles. The zero-order valence-corrected chi connectivity index (χ0v) is 29.9. The van der Waals surface area contributed by atoms with Gasteiger partial charge in [0.05, 0.1) is 22.4 Å². The normalized spacial score (nSPS) is 11.6. The first-order chi connectivity index (χ1) is 27.3. The highest BCUT2D eigenvalue weighted by Crippen LogP contribution is 2.47. The van der Waals surface area contributed by atoms with Crippen molar-refractivity contribution in [2.45, 2.75) is 0 Å². The van der Waals surface area contributed by atoms with E-state index >= 15 is 0 Å². The lowest BCUT2D eigenvalue weighted by Gasteiger charge is -2.30. The zero-order valence-electron chi connectivity index (χ0n) is 29.9. The van der Waals surface area contributed by atoms with Gasteiger partial charge in [-0.05, 0) is 82.6 Å². The molecule has 11 rings (SSSR count). The maximum absolute atomic E-state index is 6.41. The Morgan fingerprint density at radius 1 is 0.382 bits per heavy atom. The minimum Gasteiger partial charge on any atom is -0.456 e. The van der Waals surface area contributed by atoms with Crippen molar-refractivity contribution in [1.29, 1.82) is 0 Å². The van der Waals surface area contributed by atoms with E-state index in [0.717, 1.165) is 61.4 Å². The van der Waals surface area contributed by atoms with Crippen molar-refractivity contribution in [3.05, 3.63) is 206 Å². The van der Waals surface area contributed by atoms with E-state index < -0.39 is 0 Å². The topological polar surface area (TPSA) is 21.3 Å². The molecule has 0 amide bonds. The SMILES string of the molecule is c1cc(N(c2ccccc2-c2ccc3ccccc3c2)c2ccccc2-c2cccc3oc4ccccc4c23)cc(-n2c3ccccc3c3ccccc32)c1. The molecule has 0 bridgehead atoms. The van der Waals surface area contributed by atoms with Crippen molar-refractivity contribution < 1.29 is 4.42 Å². The molecular formula is C52H34N2O. The van der Waals surface area contributed by atoms with E-state index in [1.807, 2.05) is 6.07 Å². The number of benzene rings is 9. The molecule has 258 valence electrons. The Morgan fingerprint density at radius 3 is 1.76 bits per heavy atom. The summed E-state index contributed by atoms with van der Waals surface area (Å²) in [6.07, 6.45) is 0. The fourth-order valence-electron chi connectivity index (χ4n) is 8.54. The Morgan fingerprint density at radius 2 is 0.964 bits per heavy atom. The lowest BCUT2D eigenvalue weighted by atomic mass is 9.95. The van der Waals surface area contributed by atoms with Gasteiger partial charge in [-0.3, -0.25) is 0 Å². The number of furan rings is 1. The van der Waals surface area contributed by atoms with Crippen LogP contribution in [0.15, 0.2) is 211 Å². The summed E-state index contributed by atoms with van der Waals surface area (Å²) >= 11 is 0. The summed E-state index contributed by atoms with van der Waals surface area (Å²) in [5, 5.41) is 7.16. The second kappa shape index (κ2) is 12.6. The molecule has 0 fully saturated rings. The Hall–Kier alpha value is -7.36. The molecule has 0 radical (unpaired) electrons. The van der Waals surface area contributed by atoms with Crippen LogP contribution in [-0.4, -0.2) is 4.57 Å². The fraction of sp³-hybridized carbons (Fsp3) is 0. The molecule has 0 unspecified atom stereocenters. The molecule has 3 nitrogen and oxygen atoms in total. The summed E-state index contributed by atoms with van der Waals surface area (Å²) in [5.74, 6) is 0. The van der Waals surface area contributed by atoms with Crippen LogP contribution in [0.4, 0.5) is 17.1 Å². The van der Waals surface area contributed by atoms with Gasteiger partial charge in [0.15, 0.2) is 0 Å². The van der Waals surface area contributed by atoms with Gasteiger partial charge in [-0.2, -0.15) is 0 Å². The molecule has 55 heavy (non-hydrogen) atoms. The van der Waals surface area contributed by atoms with Gasteiger partial charge in [-0.15, -0.1) is 0 Å². The highest BCUT2D eigenvalue weighted by atomic mass is 16.3. The van der Waals surface area contributed by atoms with E-state index in [2.05, 4.69) is 210 Å². The number of rotatable bonds is 6. The van der Waals surface area contributed by atoms with E-state index in [9.17, 15) is 0 Å². The predicted octanol–water partition coefficient (Wildman–Crippen LogP) is 14.6. The Bertz CT molecular complexity index is 3190. The average molecular weight is 703 g/mol. The smallest absolute Gasteiger partial charge is 0.136 e. The van der Waals surface area contributed by atoms with E-state index in [1.165, 1.54) is 38.1 Å². The number of hydrogen-bond donors (Lipinski definition) is 0. The van der Waals surface area contributed by atoms with Gasteiger partial charge in [0.2, 0.25) is 0 Å². The Labute approximate surface area is 318 Å². The molecule has 0 aliphatic heterocycles. The summed E-state index contributed by atoms with van der Waals surface area (Å²) in [5.41, 5.74) is 13.0. The molecule has 0 atom stereocenters. The minimum atomic E-state index is 0.880. The van der Waals surface area contributed by atoms with Crippen LogP contribution in [0, 0.1) is 0 Å². The zero-order chi connectivity index (χ0) is 36.3. The maximum atomic E-state index is 6.41. The van der Waals surface area contributed by atoms with Gasteiger partial charge in [0.1, 0.15) is 11.2 Å². The van der Waals surface area contributed by atoms with Crippen LogP contribution in [0.5, 0.6) is 0 Å². The van der Waals surface area contributed by atoms with Crippen molar-refractivity contribution in [2.24, 2.45) is 0 Å². The summed E-state index contributed by atoms with van der Waals surface area (Å²) in [6, 6.07) is 74.1. The molecule has 0 aliphatic rings. The standard InChI is InChI=1S/C52H34N2O/c1-2-16-36-33-37(32-31-35(36)15-1)40-19-3-8-25-46(40)53(38-17-13-18-39(34-38)54-47-26-9-4-20-41(47)42-21-5-10-27-48(42)54)49-28-11-6-22-43(49)44-24-14-30-51-52(44)45-23-7-12-29-50(45)55-51/h1-34H. The third-order valence-corrected chi connectivity index (χ3v) is 11.0. The number of aromatic nitrogens is 1. The molecule has 2 aromatic heterocycles. The number of nitrogens with zero attached hydrogens (tertiary/aromatic N) is 2.